The summed E-state index contributed by atoms with van der Waals surface area (Å²) in [5, 5.41) is 0. The lowest BCUT2D eigenvalue weighted by Crippen LogP contribution is -2.51. The average Bonchev–Trinajstić information content (AvgIpc) is 3.23. The molecule has 2 amide bonds. The first-order chi connectivity index (χ1) is 15.1. The van der Waals surface area contributed by atoms with Crippen molar-refractivity contribution in [3.8, 4) is 11.5 Å². The Morgan fingerprint density at radius 2 is 1.90 bits per heavy atom. The van der Waals surface area contributed by atoms with E-state index < -0.39 is 6.04 Å². The molecule has 0 unspecified atom stereocenters. The number of aromatic nitrogens is 1. The minimum absolute atomic E-state index is 0.115. The van der Waals surface area contributed by atoms with Crippen LogP contribution in [0.15, 0.2) is 48.8 Å². The van der Waals surface area contributed by atoms with E-state index in [1.807, 2.05) is 0 Å². The molecular formula is C22H24FN3O5. The van der Waals surface area contributed by atoms with Gasteiger partial charge in [-0.05, 0) is 36.4 Å². The Kier molecular flexibility index (Phi) is 6.61. The lowest BCUT2D eigenvalue weighted by molar-refractivity contribution is -0.147. The van der Waals surface area contributed by atoms with E-state index >= 15 is 0 Å². The van der Waals surface area contributed by atoms with E-state index in [0.717, 1.165) is 0 Å². The van der Waals surface area contributed by atoms with Gasteiger partial charge in [0.15, 0.2) is 6.61 Å². The molecule has 0 saturated carbocycles. The van der Waals surface area contributed by atoms with Gasteiger partial charge in [-0.15, -0.1) is 0 Å². The topological polar surface area (TPSA) is 81.2 Å². The van der Waals surface area contributed by atoms with Crippen LogP contribution in [-0.4, -0.2) is 78.2 Å². The first kappa shape index (κ1) is 21.0. The van der Waals surface area contributed by atoms with Crippen molar-refractivity contribution in [3.63, 3.8) is 0 Å². The summed E-state index contributed by atoms with van der Waals surface area (Å²) in [7, 11) is 0. The van der Waals surface area contributed by atoms with E-state index in [-0.39, 0.29) is 36.9 Å². The van der Waals surface area contributed by atoms with Gasteiger partial charge in [0.05, 0.1) is 26.0 Å². The lowest BCUT2D eigenvalue weighted by atomic mass is 10.1. The maximum absolute atomic E-state index is 13.2. The van der Waals surface area contributed by atoms with E-state index in [4.69, 9.17) is 14.2 Å². The quantitative estimate of drug-likeness (QED) is 0.693. The zero-order valence-corrected chi connectivity index (χ0v) is 17.0. The maximum atomic E-state index is 13.2. The van der Waals surface area contributed by atoms with E-state index in [2.05, 4.69) is 4.98 Å². The largest absolute Gasteiger partial charge is 0.487 e. The number of amides is 2. The van der Waals surface area contributed by atoms with Crippen molar-refractivity contribution < 1.29 is 28.2 Å². The molecule has 2 aromatic rings. The number of morpholine rings is 1. The summed E-state index contributed by atoms with van der Waals surface area (Å²) in [6, 6.07) is 8.35. The van der Waals surface area contributed by atoms with Gasteiger partial charge in [-0.25, -0.2) is 4.39 Å². The van der Waals surface area contributed by atoms with Crippen molar-refractivity contribution in [1.29, 1.82) is 0 Å². The standard InChI is InChI=1S/C22H24FN3O5/c23-16-3-5-17(6-4-16)30-15-21(27)26-14-19(31-18-2-1-7-24-13-18)12-20(26)22(28)25-8-10-29-11-9-25/h1-7,13,19-20H,8-12,14-15H2/t19-,20-/m0/s1. The summed E-state index contributed by atoms with van der Waals surface area (Å²) in [4.78, 5) is 33.4. The number of carbonyl (C=O) groups is 2. The highest BCUT2D eigenvalue weighted by Crippen LogP contribution is 2.25. The molecule has 1 aromatic heterocycles. The zero-order valence-electron chi connectivity index (χ0n) is 17.0. The number of carbonyl (C=O) groups excluding carboxylic acids is 2. The molecule has 2 aliphatic rings. The van der Waals surface area contributed by atoms with Crippen LogP contribution in [0.5, 0.6) is 11.5 Å². The summed E-state index contributed by atoms with van der Waals surface area (Å²) in [5.74, 6) is 0.142. The minimum Gasteiger partial charge on any atom is -0.487 e. The van der Waals surface area contributed by atoms with E-state index in [0.29, 0.717) is 44.2 Å². The summed E-state index contributed by atoms with van der Waals surface area (Å²) in [5.41, 5.74) is 0. The number of pyridine rings is 1. The van der Waals surface area contributed by atoms with E-state index in [1.165, 1.54) is 29.2 Å². The first-order valence-corrected chi connectivity index (χ1v) is 10.2. The fourth-order valence-corrected chi connectivity index (χ4v) is 3.76. The molecule has 3 heterocycles. The Labute approximate surface area is 179 Å². The van der Waals surface area contributed by atoms with Crippen molar-refractivity contribution in [2.45, 2.75) is 18.6 Å². The third-order valence-corrected chi connectivity index (χ3v) is 5.30. The Balaban J connectivity index is 1.44. The van der Waals surface area contributed by atoms with Crippen molar-refractivity contribution in [3.05, 3.63) is 54.6 Å². The van der Waals surface area contributed by atoms with Gasteiger partial charge in [0.1, 0.15) is 29.5 Å². The van der Waals surface area contributed by atoms with Crippen LogP contribution in [0.3, 0.4) is 0 Å². The SMILES string of the molecule is O=C([C@@H]1C[C@H](Oc2cccnc2)CN1C(=O)COc1ccc(F)cc1)N1CCOCC1. The number of ether oxygens (including phenoxy) is 3. The summed E-state index contributed by atoms with van der Waals surface area (Å²) < 4.78 is 29.9. The van der Waals surface area contributed by atoms with Crippen LogP contribution in [0.1, 0.15) is 6.42 Å². The molecule has 2 fully saturated rings. The number of benzene rings is 1. The maximum Gasteiger partial charge on any atom is 0.261 e. The van der Waals surface area contributed by atoms with Gasteiger partial charge in [0.2, 0.25) is 5.91 Å². The number of likely N-dealkylation sites (tertiary alicyclic amines) is 1. The molecule has 1 aromatic carbocycles. The third-order valence-electron chi connectivity index (χ3n) is 5.30. The normalized spacial score (nSPS) is 21.1. The predicted molar refractivity (Wildman–Crippen MR) is 108 cm³/mol. The fraction of sp³-hybridized carbons (Fsp3) is 0.409. The van der Waals surface area contributed by atoms with Crippen LogP contribution in [0, 0.1) is 5.82 Å². The molecular weight excluding hydrogens is 405 g/mol. The molecule has 4 rings (SSSR count). The zero-order chi connectivity index (χ0) is 21.6. The number of hydrogen-bond donors (Lipinski definition) is 0. The van der Waals surface area contributed by atoms with Gasteiger partial charge < -0.3 is 24.0 Å². The van der Waals surface area contributed by atoms with E-state index in [9.17, 15) is 14.0 Å². The van der Waals surface area contributed by atoms with Gasteiger partial charge in [0, 0.05) is 25.7 Å². The summed E-state index contributed by atoms with van der Waals surface area (Å²) in [6.45, 7) is 1.97. The van der Waals surface area contributed by atoms with Gasteiger partial charge in [-0.2, -0.15) is 0 Å². The molecule has 0 radical (unpaired) electrons. The molecule has 164 valence electrons. The number of rotatable bonds is 6. The van der Waals surface area contributed by atoms with Gasteiger partial charge >= 0.3 is 0 Å². The highest BCUT2D eigenvalue weighted by Gasteiger charge is 2.42. The second kappa shape index (κ2) is 9.74. The summed E-state index contributed by atoms with van der Waals surface area (Å²) >= 11 is 0. The molecule has 2 saturated heterocycles. The van der Waals surface area contributed by atoms with Crippen LogP contribution in [-0.2, 0) is 14.3 Å². The average molecular weight is 429 g/mol. The molecule has 2 atom stereocenters. The number of halogens is 1. The molecule has 0 N–H and O–H groups in total. The Hall–Kier alpha value is -3.20. The van der Waals surface area contributed by atoms with Crippen LogP contribution < -0.4 is 9.47 Å². The molecule has 9 heteroatoms. The van der Waals surface area contributed by atoms with Crippen molar-refractivity contribution in [2.24, 2.45) is 0 Å². The fourth-order valence-electron chi connectivity index (χ4n) is 3.76. The predicted octanol–water partition coefficient (Wildman–Crippen LogP) is 1.51. The monoisotopic (exact) mass is 429 g/mol. The van der Waals surface area contributed by atoms with Crippen LogP contribution in [0.4, 0.5) is 4.39 Å². The van der Waals surface area contributed by atoms with Gasteiger partial charge in [-0.3, -0.25) is 14.6 Å². The number of nitrogens with zero attached hydrogens (tertiary/aromatic N) is 3. The molecule has 0 bridgehead atoms. The third kappa shape index (κ3) is 5.29. The second-order valence-corrected chi connectivity index (χ2v) is 7.41. The highest BCUT2D eigenvalue weighted by atomic mass is 19.1. The Bertz CT molecular complexity index is 890. The molecule has 0 spiro atoms. The summed E-state index contributed by atoms with van der Waals surface area (Å²) in [6.07, 6.45) is 3.29. The minimum atomic E-state index is -0.635. The Morgan fingerprint density at radius 3 is 2.61 bits per heavy atom. The first-order valence-electron chi connectivity index (χ1n) is 10.2. The molecule has 31 heavy (non-hydrogen) atoms. The lowest BCUT2D eigenvalue weighted by Gasteiger charge is -2.32. The van der Waals surface area contributed by atoms with Crippen LogP contribution in [0.2, 0.25) is 0 Å². The van der Waals surface area contributed by atoms with Gasteiger partial charge in [-0.1, -0.05) is 0 Å². The molecule has 8 nitrogen and oxygen atoms in total. The number of hydrogen-bond acceptors (Lipinski definition) is 6. The highest BCUT2D eigenvalue weighted by molar-refractivity contribution is 5.89. The van der Waals surface area contributed by atoms with Crippen molar-refractivity contribution >= 4 is 11.8 Å². The molecule has 0 aliphatic carbocycles. The smallest absolute Gasteiger partial charge is 0.261 e. The van der Waals surface area contributed by atoms with Crippen LogP contribution in [0.25, 0.3) is 0 Å². The second-order valence-electron chi connectivity index (χ2n) is 7.41. The Morgan fingerprint density at radius 1 is 1.13 bits per heavy atom. The van der Waals surface area contributed by atoms with E-state index in [1.54, 1.807) is 29.4 Å². The van der Waals surface area contributed by atoms with Crippen molar-refractivity contribution in [2.75, 3.05) is 39.5 Å². The van der Waals surface area contributed by atoms with Crippen molar-refractivity contribution in [1.82, 2.24) is 14.8 Å². The van der Waals surface area contributed by atoms with Crippen LogP contribution >= 0.6 is 0 Å². The van der Waals surface area contributed by atoms with Gasteiger partial charge in [0.25, 0.3) is 5.91 Å². The molecule has 2 aliphatic heterocycles.